The minimum Gasteiger partial charge on any atom is -0.490 e. The predicted octanol–water partition coefficient (Wildman–Crippen LogP) is 3.58. The van der Waals surface area contributed by atoms with E-state index in [1.54, 1.807) is 24.3 Å². The van der Waals surface area contributed by atoms with Crippen molar-refractivity contribution in [2.75, 3.05) is 25.6 Å². The molecule has 2 rings (SSSR count). The molecule has 0 saturated heterocycles. The highest BCUT2D eigenvalue weighted by atomic mass is 79.9. The topological polar surface area (TPSA) is 115 Å². The number of benzene rings is 2. The summed E-state index contributed by atoms with van der Waals surface area (Å²) < 4.78 is 16.2. The van der Waals surface area contributed by atoms with Gasteiger partial charge in [-0.05, 0) is 59.6 Å². The van der Waals surface area contributed by atoms with Crippen molar-refractivity contribution in [2.45, 2.75) is 26.7 Å². The number of nitrogens with one attached hydrogen (secondary N) is 2. The Morgan fingerprint density at radius 1 is 1.06 bits per heavy atom. The second-order valence-electron chi connectivity index (χ2n) is 6.84. The number of nitrogens with zero attached hydrogens (tertiary/aromatic N) is 1. The van der Waals surface area contributed by atoms with Crippen LogP contribution in [0.1, 0.15) is 30.9 Å². The lowest BCUT2D eigenvalue weighted by atomic mass is 10.2. The van der Waals surface area contributed by atoms with Crippen LogP contribution in [-0.2, 0) is 19.1 Å². The maximum absolute atomic E-state index is 12.0. The third-order valence-corrected chi connectivity index (χ3v) is 4.80. The van der Waals surface area contributed by atoms with Crippen molar-refractivity contribution in [3.8, 4) is 11.5 Å². The van der Waals surface area contributed by atoms with E-state index < -0.39 is 11.9 Å². The van der Waals surface area contributed by atoms with Crippen LogP contribution in [0.25, 0.3) is 0 Å². The highest BCUT2D eigenvalue weighted by molar-refractivity contribution is 9.10. The first-order valence-corrected chi connectivity index (χ1v) is 11.0. The largest absolute Gasteiger partial charge is 0.490 e. The molecule has 0 aromatic heterocycles. The van der Waals surface area contributed by atoms with Gasteiger partial charge in [0.1, 0.15) is 0 Å². The number of rotatable bonds is 11. The number of hydrogen-bond acceptors (Lipinski definition) is 7. The fourth-order valence-electron chi connectivity index (χ4n) is 2.58. The van der Waals surface area contributed by atoms with Gasteiger partial charge in [0.25, 0.3) is 0 Å². The van der Waals surface area contributed by atoms with Gasteiger partial charge in [0.05, 0.1) is 24.4 Å². The zero-order valence-corrected chi connectivity index (χ0v) is 20.2. The molecule has 0 fully saturated rings. The Morgan fingerprint density at radius 2 is 1.76 bits per heavy atom. The first kappa shape index (κ1) is 25.9. The number of carbonyl (C=O) groups excluding carboxylic acids is 3. The number of halogens is 1. The molecule has 0 bridgehead atoms. The smallest absolute Gasteiger partial charge is 0.343 e. The molecule has 0 aliphatic rings. The van der Waals surface area contributed by atoms with Gasteiger partial charge < -0.3 is 19.5 Å². The molecule has 0 radical (unpaired) electrons. The van der Waals surface area contributed by atoms with Crippen molar-refractivity contribution < 1.29 is 28.6 Å². The van der Waals surface area contributed by atoms with Crippen LogP contribution in [0.2, 0.25) is 0 Å². The van der Waals surface area contributed by atoms with Gasteiger partial charge in [-0.15, -0.1) is 0 Å². The van der Waals surface area contributed by atoms with E-state index in [9.17, 15) is 14.4 Å². The molecular weight excluding hydrogens is 494 g/mol. The van der Waals surface area contributed by atoms with Crippen LogP contribution in [0.3, 0.4) is 0 Å². The van der Waals surface area contributed by atoms with E-state index in [0.717, 1.165) is 5.56 Å². The van der Waals surface area contributed by atoms with E-state index in [2.05, 4.69) is 36.5 Å². The van der Waals surface area contributed by atoms with E-state index in [0.29, 0.717) is 33.8 Å². The monoisotopic (exact) mass is 519 g/mol. The summed E-state index contributed by atoms with van der Waals surface area (Å²) in [7, 11) is 1.27. The molecule has 0 saturated carbocycles. The van der Waals surface area contributed by atoms with E-state index in [4.69, 9.17) is 9.47 Å². The molecule has 176 valence electrons. The Bertz CT molecular complexity index is 1010. The highest BCUT2D eigenvalue weighted by Gasteiger charge is 2.14. The molecule has 0 unspecified atom stereocenters. The molecule has 0 spiro atoms. The van der Waals surface area contributed by atoms with Crippen molar-refractivity contribution >= 4 is 45.6 Å². The Kier molecular flexibility index (Phi) is 10.4. The Morgan fingerprint density at radius 3 is 2.42 bits per heavy atom. The van der Waals surface area contributed by atoms with Crippen molar-refractivity contribution in [1.82, 2.24) is 5.43 Å². The minimum atomic E-state index is -0.523. The molecule has 0 atom stereocenters. The Balaban J connectivity index is 1.89. The second kappa shape index (κ2) is 13.2. The normalized spacial score (nSPS) is 10.5. The molecule has 9 nitrogen and oxygen atoms in total. The van der Waals surface area contributed by atoms with Crippen molar-refractivity contribution in [3.63, 3.8) is 0 Å². The molecule has 0 aliphatic heterocycles. The molecule has 0 heterocycles. The third-order valence-electron chi connectivity index (χ3n) is 4.21. The van der Waals surface area contributed by atoms with Crippen molar-refractivity contribution in [1.29, 1.82) is 0 Å². The van der Waals surface area contributed by atoms with Gasteiger partial charge in [-0.1, -0.05) is 17.7 Å². The zero-order chi connectivity index (χ0) is 24.2. The fourth-order valence-corrected chi connectivity index (χ4v) is 3.15. The maximum atomic E-state index is 12.0. The summed E-state index contributed by atoms with van der Waals surface area (Å²) in [5.74, 6) is -0.428. The molecule has 2 aromatic rings. The summed E-state index contributed by atoms with van der Waals surface area (Å²) in [4.78, 5) is 35.3. The average Bonchev–Trinajstić information content (AvgIpc) is 2.78. The van der Waals surface area contributed by atoms with Crippen LogP contribution in [0.15, 0.2) is 46.0 Å². The summed E-state index contributed by atoms with van der Waals surface area (Å²) in [6.07, 6.45) is 1.45. The average molecular weight is 520 g/mol. The summed E-state index contributed by atoms with van der Waals surface area (Å²) in [6, 6.07) is 10.7. The number of hydrazone groups is 1. The lowest BCUT2D eigenvalue weighted by molar-refractivity contribution is -0.143. The van der Waals surface area contributed by atoms with Crippen LogP contribution < -0.4 is 20.2 Å². The number of esters is 1. The fraction of sp³-hybridized carbons (Fsp3) is 0.304. The number of ether oxygens (including phenoxy) is 3. The van der Waals surface area contributed by atoms with Crippen molar-refractivity contribution in [2.24, 2.45) is 5.10 Å². The lowest BCUT2D eigenvalue weighted by Crippen LogP contribution is -2.20. The number of anilines is 1. The van der Waals surface area contributed by atoms with Crippen LogP contribution in [-0.4, -0.2) is 44.3 Å². The Labute approximate surface area is 200 Å². The van der Waals surface area contributed by atoms with Crippen LogP contribution in [0.5, 0.6) is 11.5 Å². The molecule has 33 heavy (non-hydrogen) atoms. The number of carbonyl (C=O) groups is 3. The standard InChI is InChI=1S/C23H26BrN3O6/c1-4-32-19-12-16(11-18(24)23(19)33-14-22(30)31-3)13-25-27-21(29)10-9-20(28)26-17-7-5-15(2)6-8-17/h5-8,11-13H,4,9-10,14H2,1-3H3,(H,26,28)(H,27,29). The molecular formula is C23H26BrN3O6. The predicted molar refractivity (Wildman–Crippen MR) is 128 cm³/mol. The summed E-state index contributed by atoms with van der Waals surface area (Å²) in [5, 5.41) is 6.66. The van der Waals surface area contributed by atoms with E-state index in [-0.39, 0.29) is 25.4 Å². The lowest BCUT2D eigenvalue weighted by Gasteiger charge is -2.13. The zero-order valence-electron chi connectivity index (χ0n) is 18.6. The van der Waals surface area contributed by atoms with Crippen LogP contribution in [0.4, 0.5) is 5.69 Å². The maximum Gasteiger partial charge on any atom is 0.343 e. The summed E-state index contributed by atoms with van der Waals surface area (Å²) in [6.45, 7) is 3.88. The van der Waals surface area contributed by atoms with Gasteiger partial charge in [0.15, 0.2) is 18.1 Å². The van der Waals surface area contributed by atoms with Crippen LogP contribution >= 0.6 is 15.9 Å². The van der Waals surface area contributed by atoms with Gasteiger partial charge in [-0.25, -0.2) is 10.2 Å². The second-order valence-corrected chi connectivity index (χ2v) is 7.69. The van der Waals surface area contributed by atoms with Crippen LogP contribution in [0, 0.1) is 6.92 Å². The highest BCUT2D eigenvalue weighted by Crippen LogP contribution is 2.36. The molecule has 2 amide bonds. The van der Waals surface area contributed by atoms with E-state index in [1.165, 1.54) is 13.3 Å². The van der Waals surface area contributed by atoms with Gasteiger partial charge in [-0.2, -0.15) is 5.10 Å². The number of amides is 2. The molecule has 10 heteroatoms. The van der Waals surface area contributed by atoms with E-state index in [1.807, 2.05) is 26.0 Å². The third kappa shape index (κ3) is 8.93. The first-order chi connectivity index (χ1) is 15.8. The van der Waals surface area contributed by atoms with Gasteiger partial charge >= 0.3 is 5.97 Å². The van der Waals surface area contributed by atoms with Gasteiger partial charge in [-0.3, -0.25) is 9.59 Å². The van der Waals surface area contributed by atoms with Crippen molar-refractivity contribution in [3.05, 3.63) is 52.0 Å². The summed E-state index contributed by atoms with van der Waals surface area (Å²) >= 11 is 3.38. The van der Waals surface area contributed by atoms with Gasteiger partial charge in [0, 0.05) is 18.5 Å². The summed E-state index contributed by atoms with van der Waals surface area (Å²) in [5.41, 5.74) is 4.78. The minimum absolute atomic E-state index is 0.0107. The molecule has 0 aliphatic carbocycles. The first-order valence-electron chi connectivity index (χ1n) is 10.2. The SMILES string of the molecule is CCOc1cc(C=NNC(=O)CCC(=O)Nc2ccc(C)cc2)cc(Br)c1OCC(=O)OC. The molecule has 2 N–H and O–H groups in total. The van der Waals surface area contributed by atoms with Gasteiger partial charge in [0.2, 0.25) is 11.8 Å². The van der Waals surface area contributed by atoms with E-state index >= 15 is 0 Å². The number of aryl methyl sites for hydroxylation is 1. The number of hydrogen-bond donors (Lipinski definition) is 2. The Hall–Kier alpha value is -3.40. The number of methoxy groups -OCH3 is 1. The quantitative estimate of drug-likeness (QED) is 0.266. The molecule has 2 aromatic carbocycles.